The van der Waals surface area contributed by atoms with Gasteiger partial charge in [-0.1, -0.05) is 6.07 Å². The molecule has 0 fully saturated rings. The number of thiophene rings is 1. The average molecular weight is 302 g/mol. The van der Waals surface area contributed by atoms with Crippen LogP contribution in [0.15, 0.2) is 29.8 Å². The van der Waals surface area contributed by atoms with Crippen molar-refractivity contribution in [2.24, 2.45) is 0 Å². The molecule has 0 aliphatic carbocycles. The molecule has 0 N–H and O–H groups in total. The number of fused-ring (bicyclic) bond motifs is 1. The molecule has 3 rings (SSSR count). The maximum Gasteiger partial charge on any atom is 0.339 e. The Bertz CT molecular complexity index is 806. The van der Waals surface area contributed by atoms with Crippen molar-refractivity contribution in [3.05, 3.63) is 40.9 Å². The molecule has 0 bridgehead atoms. The van der Waals surface area contributed by atoms with Gasteiger partial charge in [-0.2, -0.15) is 5.10 Å². The van der Waals surface area contributed by atoms with Crippen LogP contribution in [-0.4, -0.2) is 29.8 Å². The molecule has 21 heavy (non-hydrogen) atoms. The Labute approximate surface area is 125 Å². The van der Waals surface area contributed by atoms with Crippen LogP contribution < -0.4 is 4.74 Å². The molecule has 0 aromatic carbocycles. The van der Waals surface area contributed by atoms with Crippen molar-refractivity contribution in [2.75, 3.05) is 14.2 Å². The number of esters is 1. The first-order chi connectivity index (χ1) is 10.2. The summed E-state index contributed by atoms with van der Waals surface area (Å²) in [6, 6.07) is 5.68. The molecular formula is C15H14N2O3S. The first kappa shape index (κ1) is 13.6. The van der Waals surface area contributed by atoms with Crippen molar-refractivity contribution in [3.63, 3.8) is 0 Å². The predicted molar refractivity (Wildman–Crippen MR) is 81.1 cm³/mol. The molecule has 0 aliphatic heterocycles. The van der Waals surface area contributed by atoms with Gasteiger partial charge in [0, 0.05) is 11.8 Å². The van der Waals surface area contributed by atoms with Gasteiger partial charge in [0.05, 0.1) is 24.7 Å². The molecule has 3 aromatic rings. The third-order valence-electron chi connectivity index (χ3n) is 3.32. The molecule has 0 aliphatic rings. The van der Waals surface area contributed by atoms with Gasteiger partial charge in [-0.15, -0.1) is 11.3 Å². The van der Waals surface area contributed by atoms with Crippen LogP contribution in [0.2, 0.25) is 0 Å². The van der Waals surface area contributed by atoms with Gasteiger partial charge in [0.2, 0.25) is 0 Å². The zero-order valence-corrected chi connectivity index (χ0v) is 12.7. The molecule has 6 heteroatoms. The predicted octanol–water partition coefficient (Wildman–Crippen LogP) is 3.17. The summed E-state index contributed by atoms with van der Waals surface area (Å²) in [5.74, 6) is 0.187. The van der Waals surface area contributed by atoms with Gasteiger partial charge in [0.1, 0.15) is 17.0 Å². The van der Waals surface area contributed by atoms with Crippen molar-refractivity contribution < 1.29 is 14.3 Å². The molecule has 0 amide bonds. The molecule has 0 radical (unpaired) electrons. The maximum atomic E-state index is 11.7. The number of aromatic nitrogens is 2. The van der Waals surface area contributed by atoms with Crippen molar-refractivity contribution in [1.29, 1.82) is 0 Å². The van der Waals surface area contributed by atoms with Gasteiger partial charge >= 0.3 is 5.97 Å². The first-order valence-electron chi connectivity index (χ1n) is 6.35. The summed E-state index contributed by atoms with van der Waals surface area (Å²) in [5.41, 5.74) is 3.17. The van der Waals surface area contributed by atoms with Gasteiger partial charge in [-0.05, 0) is 24.4 Å². The van der Waals surface area contributed by atoms with E-state index in [1.54, 1.807) is 35.2 Å². The minimum atomic E-state index is -0.416. The fourth-order valence-electron chi connectivity index (χ4n) is 2.32. The van der Waals surface area contributed by atoms with Crippen LogP contribution in [0, 0.1) is 6.92 Å². The van der Waals surface area contributed by atoms with Crippen molar-refractivity contribution in [1.82, 2.24) is 9.61 Å². The summed E-state index contributed by atoms with van der Waals surface area (Å²) in [7, 11) is 2.93. The molecule has 0 saturated heterocycles. The normalized spacial score (nSPS) is 10.8. The minimum absolute atomic E-state index is 0.405. The Hall–Kier alpha value is -2.34. The third-order valence-corrected chi connectivity index (χ3v) is 4.20. The number of nitrogens with zero attached hydrogens (tertiary/aromatic N) is 2. The second-order valence-corrected chi connectivity index (χ2v) is 5.48. The molecule has 3 aromatic heterocycles. The quantitative estimate of drug-likeness (QED) is 0.697. The van der Waals surface area contributed by atoms with Crippen LogP contribution in [-0.2, 0) is 4.74 Å². The largest absolute Gasteiger partial charge is 0.494 e. The van der Waals surface area contributed by atoms with E-state index in [1.165, 1.54) is 7.11 Å². The number of ether oxygens (including phenoxy) is 2. The maximum absolute atomic E-state index is 11.7. The lowest BCUT2D eigenvalue weighted by Gasteiger charge is -2.06. The second-order valence-electron chi connectivity index (χ2n) is 4.53. The standard InChI is InChI=1S/C15H14N2O3S/c1-9-13(12-5-4-6-21-12)16-17-8-10(15(18)20-3)7-11(19-2)14(9)17/h4-8H,1-3H3. The van der Waals surface area contributed by atoms with Crippen LogP contribution in [0.4, 0.5) is 0 Å². The number of carbonyl (C=O) groups is 1. The van der Waals surface area contributed by atoms with Crippen LogP contribution >= 0.6 is 11.3 Å². The van der Waals surface area contributed by atoms with Gasteiger partial charge in [-0.3, -0.25) is 0 Å². The van der Waals surface area contributed by atoms with E-state index in [9.17, 15) is 4.79 Å². The zero-order valence-electron chi connectivity index (χ0n) is 11.9. The fraction of sp³-hybridized carbons (Fsp3) is 0.200. The molecule has 0 spiro atoms. The molecule has 3 heterocycles. The third kappa shape index (κ3) is 2.17. The number of carbonyl (C=O) groups excluding carboxylic acids is 1. The van der Waals surface area contributed by atoms with E-state index in [-0.39, 0.29) is 0 Å². The molecule has 0 atom stereocenters. The summed E-state index contributed by atoms with van der Waals surface area (Å²) >= 11 is 1.63. The average Bonchev–Trinajstić information content (AvgIpc) is 3.13. The number of hydrogen-bond donors (Lipinski definition) is 0. The number of rotatable bonds is 3. The lowest BCUT2D eigenvalue weighted by Crippen LogP contribution is -2.04. The van der Waals surface area contributed by atoms with E-state index in [1.807, 2.05) is 24.4 Å². The van der Waals surface area contributed by atoms with E-state index in [2.05, 4.69) is 5.10 Å². The van der Waals surface area contributed by atoms with Crippen LogP contribution in [0.1, 0.15) is 15.9 Å². The van der Waals surface area contributed by atoms with E-state index >= 15 is 0 Å². The van der Waals surface area contributed by atoms with Gasteiger partial charge in [0.25, 0.3) is 0 Å². The van der Waals surface area contributed by atoms with Crippen LogP contribution in [0.3, 0.4) is 0 Å². The van der Waals surface area contributed by atoms with E-state index in [4.69, 9.17) is 9.47 Å². The van der Waals surface area contributed by atoms with E-state index in [0.717, 1.165) is 21.7 Å². The number of aryl methyl sites for hydroxylation is 1. The Morgan fingerprint density at radius 1 is 1.38 bits per heavy atom. The van der Waals surface area contributed by atoms with Gasteiger partial charge in [0.15, 0.2) is 0 Å². The lowest BCUT2D eigenvalue weighted by molar-refractivity contribution is 0.0599. The Kier molecular flexibility index (Phi) is 3.39. The highest BCUT2D eigenvalue weighted by atomic mass is 32.1. The van der Waals surface area contributed by atoms with Crippen LogP contribution in [0.25, 0.3) is 16.1 Å². The second kappa shape index (κ2) is 5.21. The molecule has 108 valence electrons. The van der Waals surface area contributed by atoms with Gasteiger partial charge in [-0.25, -0.2) is 9.31 Å². The SMILES string of the molecule is COC(=O)c1cc(OC)c2c(C)c(-c3cccs3)nn2c1. The van der Waals surface area contributed by atoms with E-state index in [0.29, 0.717) is 11.3 Å². The summed E-state index contributed by atoms with van der Waals surface area (Å²) < 4.78 is 11.8. The highest BCUT2D eigenvalue weighted by Crippen LogP contribution is 2.33. The van der Waals surface area contributed by atoms with Crippen molar-refractivity contribution >= 4 is 22.8 Å². The summed E-state index contributed by atoms with van der Waals surface area (Å²) in [4.78, 5) is 12.8. The van der Waals surface area contributed by atoms with Crippen molar-refractivity contribution in [3.8, 4) is 16.3 Å². The number of methoxy groups -OCH3 is 2. The summed E-state index contributed by atoms with van der Waals surface area (Å²) in [5, 5.41) is 6.59. The Morgan fingerprint density at radius 2 is 2.19 bits per heavy atom. The molecule has 0 unspecified atom stereocenters. The Morgan fingerprint density at radius 3 is 2.81 bits per heavy atom. The fourth-order valence-corrected chi connectivity index (χ4v) is 3.09. The topological polar surface area (TPSA) is 52.8 Å². The number of hydrogen-bond acceptors (Lipinski definition) is 5. The summed E-state index contributed by atoms with van der Waals surface area (Å²) in [6.07, 6.45) is 1.66. The van der Waals surface area contributed by atoms with Gasteiger partial charge < -0.3 is 9.47 Å². The lowest BCUT2D eigenvalue weighted by atomic mass is 10.1. The molecule has 5 nitrogen and oxygen atoms in total. The first-order valence-corrected chi connectivity index (χ1v) is 7.23. The summed E-state index contributed by atoms with van der Waals surface area (Å²) in [6.45, 7) is 2.00. The monoisotopic (exact) mass is 302 g/mol. The molecular weight excluding hydrogens is 288 g/mol. The van der Waals surface area contributed by atoms with Crippen molar-refractivity contribution in [2.45, 2.75) is 6.92 Å². The highest BCUT2D eigenvalue weighted by Gasteiger charge is 2.18. The highest BCUT2D eigenvalue weighted by molar-refractivity contribution is 7.13. The van der Waals surface area contributed by atoms with E-state index < -0.39 is 5.97 Å². The van der Waals surface area contributed by atoms with Crippen LogP contribution in [0.5, 0.6) is 5.75 Å². The molecule has 0 saturated carbocycles. The minimum Gasteiger partial charge on any atom is -0.494 e. The number of pyridine rings is 1. The zero-order chi connectivity index (χ0) is 15.0. The Balaban J connectivity index is 2.28. The smallest absolute Gasteiger partial charge is 0.339 e.